The molecule has 2 aromatic carbocycles. The van der Waals surface area contributed by atoms with Crippen molar-refractivity contribution in [3.05, 3.63) is 70.3 Å². The van der Waals surface area contributed by atoms with Gasteiger partial charge in [-0.25, -0.2) is 0 Å². The van der Waals surface area contributed by atoms with Crippen LogP contribution in [0.25, 0.3) is 0 Å². The highest BCUT2D eigenvalue weighted by molar-refractivity contribution is 6.42. The molecule has 9 heteroatoms. The van der Waals surface area contributed by atoms with Gasteiger partial charge in [0.15, 0.2) is 13.2 Å². The van der Waals surface area contributed by atoms with Crippen LogP contribution in [0.4, 0.5) is 0 Å². The third-order valence-corrected chi connectivity index (χ3v) is 5.00. The summed E-state index contributed by atoms with van der Waals surface area (Å²) in [6, 6.07) is 11.6. The summed E-state index contributed by atoms with van der Waals surface area (Å²) in [5, 5.41) is 16.0. The van der Waals surface area contributed by atoms with Gasteiger partial charge in [0.05, 0.1) is 15.6 Å². The van der Waals surface area contributed by atoms with Crippen molar-refractivity contribution in [2.24, 2.45) is 0 Å². The van der Waals surface area contributed by atoms with Crippen LogP contribution in [0.2, 0.25) is 10.0 Å². The fourth-order valence-corrected chi connectivity index (χ4v) is 2.81. The van der Waals surface area contributed by atoms with Gasteiger partial charge in [-0.05, 0) is 43.7 Å². The Hall–Kier alpha value is -2.74. The van der Waals surface area contributed by atoms with Gasteiger partial charge in [0.25, 0.3) is 11.8 Å². The average molecular weight is 481 g/mol. The van der Waals surface area contributed by atoms with Crippen LogP contribution >= 0.6 is 23.2 Å². The van der Waals surface area contributed by atoms with E-state index in [2.05, 4.69) is 17.2 Å². The molecular formula is C23H26Cl2N2O5. The van der Waals surface area contributed by atoms with Gasteiger partial charge in [0.1, 0.15) is 11.5 Å². The molecule has 0 atom stereocenters. The average Bonchev–Trinajstić information content (AvgIpc) is 2.72. The molecule has 172 valence electrons. The lowest BCUT2D eigenvalue weighted by Crippen LogP contribution is -2.32. The van der Waals surface area contributed by atoms with Gasteiger partial charge in [-0.3, -0.25) is 9.59 Å². The first kappa shape index (κ1) is 25.5. The molecule has 0 spiro atoms. The van der Waals surface area contributed by atoms with E-state index in [1.807, 2.05) is 0 Å². The number of hydrogen-bond acceptors (Lipinski definition) is 5. The van der Waals surface area contributed by atoms with Gasteiger partial charge in [-0.2, -0.15) is 0 Å². The molecule has 0 unspecified atom stereocenters. The molecule has 0 aliphatic rings. The lowest BCUT2D eigenvalue weighted by atomic mass is 9.99. The summed E-state index contributed by atoms with van der Waals surface area (Å²) < 4.78 is 10.8. The Kier molecular flexibility index (Phi) is 9.38. The molecule has 2 amide bonds. The summed E-state index contributed by atoms with van der Waals surface area (Å²) in [4.78, 5) is 23.9. The fourth-order valence-electron chi connectivity index (χ4n) is 2.52. The van der Waals surface area contributed by atoms with Gasteiger partial charge in [-0.1, -0.05) is 41.9 Å². The van der Waals surface area contributed by atoms with Crippen LogP contribution in [0.1, 0.15) is 25.8 Å². The Bertz CT molecular complexity index is 956. The maximum Gasteiger partial charge on any atom is 0.262 e. The number of aliphatic hydroxyl groups is 1. The van der Waals surface area contributed by atoms with Crippen LogP contribution in [0.15, 0.2) is 54.7 Å². The Balaban J connectivity index is 1.62. The van der Waals surface area contributed by atoms with Crippen molar-refractivity contribution in [1.29, 1.82) is 0 Å². The first-order chi connectivity index (χ1) is 15.0. The van der Waals surface area contributed by atoms with Crippen molar-refractivity contribution < 1.29 is 24.2 Å². The van der Waals surface area contributed by atoms with E-state index >= 15 is 0 Å². The quantitative estimate of drug-likeness (QED) is 0.454. The second-order valence-electron chi connectivity index (χ2n) is 7.49. The number of halogens is 2. The van der Waals surface area contributed by atoms with Crippen LogP contribution in [0.3, 0.4) is 0 Å². The molecular weight excluding hydrogens is 455 g/mol. The molecule has 0 saturated heterocycles. The number of benzene rings is 2. The van der Waals surface area contributed by atoms with Gasteiger partial charge >= 0.3 is 0 Å². The smallest absolute Gasteiger partial charge is 0.262 e. The van der Waals surface area contributed by atoms with E-state index in [0.717, 1.165) is 5.56 Å². The minimum Gasteiger partial charge on any atom is -0.484 e. The molecule has 0 saturated carbocycles. The Labute approximate surface area is 197 Å². The third-order valence-electron chi connectivity index (χ3n) is 4.26. The zero-order valence-corrected chi connectivity index (χ0v) is 19.4. The molecule has 0 radical (unpaired) electrons. The van der Waals surface area contributed by atoms with Crippen LogP contribution < -0.4 is 20.1 Å². The number of carbonyl (C=O) groups excluding carboxylic acids is 2. The molecule has 0 aliphatic heterocycles. The minimum absolute atomic E-state index is 0.155. The number of hydrogen-bond donors (Lipinski definition) is 3. The molecule has 0 aromatic heterocycles. The summed E-state index contributed by atoms with van der Waals surface area (Å²) in [6.07, 6.45) is 0.352. The molecule has 32 heavy (non-hydrogen) atoms. The minimum atomic E-state index is -0.941. The molecule has 0 heterocycles. The first-order valence-corrected chi connectivity index (χ1v) is 10.6. The molecule has 3 N–H and O–H groups in total. The standard InChI is InChI=1S/C23H26Cl2N2O5/c1-15(27-22(29)14-32-18-8-9-19(24)20(25)12-18)10-11-26-21(28)13-31-17-6-4-16(5-7-17)23(2,3)30/h4-9,12,30H,1,10-11,13-14H2,2-3H3,(H,26,28)(H,27,29). The number of carbonyl (C=O) groups is 2. The summed E-state index contributed by atoms with van der Waals surface area (Å²) in [6.45, 7) is 7.06. The molecule has 0 bridgehead atoms. The third kappa shape index (κ3) is 8.78. The fraction of sp³-hybridized carbons (Fsp3) is 0.304. The second kappa shape index (κ2) is 11.8. The van der Waals surface area contributed by atoms with Gasteiger partial charge in [-0.15, -0.1) is 0 Å². The predicted octanol–water partition coefficient (Wildman–Crippen LogP) is 3.81. The first-order valence-electron chi connectivity index (χ1n) is 9.82. The summed E-state index contributed by atoms with van der Waals surface area (Å²) in [7, 11) is 0. The number of nitrogens with one attached hydrogen (secondary N) is 2. The van der Waals surface area contributed by atoms with E-state index in [0.29, 0.717) is 33.7 Å². The Morgan fingerprint density at radius 1 is 0.969 bits per heavy atom. The van der Waals surface area contributed by atoms with E-state index in [-0.39, 0.29) is 31.6 Å². The number of amides is 2. The zero-order chi connectivity index (χ0) is 23.7. The highest BCUT2D eigenvalue weighted by Gasteiger charge is 2.15. The maximum atomic E-state index is 11.9. The normalized spacial score (nSPS) is 10.9. The van der Waals surface area contributed by atoms with Crippen LogP contribution in [-0.2, 0) is 15.2 Å². The van der Waals surface area contributed by atoms with E-state index in [1.165, 1.54) is 6.07 Å². The van der Waals surface area contributed by atoms with E-state index in [9.17, 15) is 14.7 Å². The van der Waals surface area contributed by atoms with E-state index in [1.54, 1.807) is 50.2 Å². The van der Waals surface area contributed by atoms with E-state index in [4.69, 9.17) is 32.7 Å². The van der Waals surface area contributed by atoms with Crippen LogP contribution in [-0.4, -0.2) is 36.7 Å². The number of rotatable bonds is 11. The molecule has 2 rings (SSSR count). The lowest BCUT2D eigenvalue weighted by Gasteiger charge is -2.17. The van der Waals surface area contributed by atoms with Crippen molar-refractivity contribution >= 4 is 35.0 Å². The van der Waals surface area contributed by atoms with Gasteiger partial charge < -0.3 is 25.2 Å². The molecule has 0 fully saturated rings. The van der Waals surface area contributed by atoms with Crippen molar-refractivity contribution in [3.63, 3.8) is 0 Å². The monoisotopic (exact) mass is 480 g/mol. The number of ether oxygens (including phenoxy) is 2. The maximum absolute atomic E-state index is 11.9. The highest BCUT2D eigenvalue weighted by atomic mass is 35.5. The topological polar surface area (TPSA) is 96.9 Å². The molecule has 0 aliphatic carbocycles. The van der Waals surface area contributed by atoms with Crippen LogP contribution in [0, 0.1) is 0 Å². The van der Waals surface area contributed by atoms with Crippen molar-refractivity contribution in [1.82, 2.24) is 10.6 Å². The van der Waals surface area contributed by atoms with Crippen LogP contribution in [0.5, 0.6) is 11.5 Å². The second-order valence-corrected chi connectivity index (χ2v) is 8.30. The highest BCUT2D eigenvalue weighted by Crippen LogP contribution is 2.26. The summed E-state index contributed by atoms with van der Waals surface area (Å²) in [5.74, 6) is 0.248. The summed E-state index contributed by atoms with van der Waals surface area (Å²) >= 11 is 11.7. The zero-order valence-electron chi connectivity index (χ0n) is 17.9. The van der Waals surface area contributed by atoms with Crippen molar-refractivity contribution in [2.45, 2.75) is 25.9 Å². The Morgan fingerprint density at radius 3 is 2.19 bits per heavy atom. The molecule has 7 nitrogen and oxygen atoms in total. The Morgan fingerprint density at radius 2 is 1.56 bits per heavy atom. The molecule has 2 aromatic rings. The predicted molar refractivity (Wildman–Crippen MR) is 124 cm³/mol. The lowest BCUT2D eigenvalue weighted by molar-refractivity contribution is -0.123. The largest absolute Gasteiger partial charge is 0.484 e. The SMILES string of the molecule is C=C(CCNC(=O)COc1ccc(C(C)(C)O)cc1)NC(=O)COc1ccc(Cl)c(Cl)c1. The van der Waals surface area contributed by atoms with Crippen molar-refractivity contribution in [3.8, 4) is 11.5 Å². The van der Waals surface area contributed by atoms with Crippen molar-refractivity contribution in [2.75, 3.05) is 19.8 Å². The summed E-state index contributed by atoms with van der Waals surface area (Å²) in [5.41, 5.74) is 0.247. The van der Waals surface area contributed by atoms with Gasteiger partial charge in [0, 0.05) is 24.7 Å². The van der Waals surface area contributed by atoms with E-state index < -0.39 is 5.60 Å². The van der Waals surface area contributed by atoms with Gasteiger partial charge in [0.2, 0.25) is 0 Å².